The second-order valence-electron chi connectivity index (χ2n) is 6.47. The van der Waals surface area contributed by atoms with E-state index >= 15 is 0 Å². The molecule has 0 N–H and O–H groups in total. The molecule has 1 aliphatic carbocycles. The molecular weight excluding hydrogens is 371 g/mol. The van der Waals surface area contributed by atoms with Gasteiger partial charge in [-0.05, 0) is 30.9 Å². The number of fused-ring (bicyclic) bond motifs is 3. The van der Waals surface area contributed by atoms with Crippen LogP contribution >= 0.6 is 11.3 Å². The quantitative estimate of drug-likeness (QED) is 0.642. The van der Waals surface area contributed by atoms with Gasteiger partial charge in [-0.15, -0.1) is 11.3 Å². The van der Waals surface area contributed by atoms with Crippen molar-refractivity contribution in [2.24, 2.45) is 0 Å². The second kappa shape index (κ2) is 6.77. The maximum absolute atomic E-state index is 14.2. The SMILES string of the molecule is COC(=O)Cn1c(=O)c2c3c(sc2n(Cc2ccccc2F)c1=O)CCC3. The van der Waals surface area contributed by atoms with E-state index < -0.39 is 29.6 Å². The lowest BCUT2D eigenvalue weighted by Crippen LogP contribution is -2.42. The van der Waals surface area contributed by atoms with Crippen LogP contribution in [0, 0.1) is 5.82 Å². The molecule has 27 heavy (non-hydrogen) atoms. The number of benzene rings is 1. The zero-order valence-electron chi connectivity index (χ0n) is 14.7. The molecule has 8 heteroatoms. The Kier molecular flexibility index (Phi) is 4.43. The molecule has 2 heterocycles. The van der Waals surface area contributed by atoms with E-state index in [1.54, 1.807) is 18.2 Å². The van der Waals surface area contributed by atoms with Crippen LogP contribution < -0.4 is 11.2 Å². The first-order valence-electron chi connectivity index (χ1n) is 8.59. The van der Waals surface area contributed by atoms with Gasteiger partial charge in [0, 0.05) is 10.4 Å². The van der Waals surface area contributed by atoms with Gasteiger partial charge < -0.3 is 4.74 Å². The Hall–Kier alpha value is -2.74. The van der Waals surface area contributed by atoms with Gasteiger partial charge in [-0.1, -0.05) is 18.2 Å². The van der Waals surface area contributed by atoms with Crippen LogP contribution in [0.15, 0.2) is 33.9 Å². The first-order valence-corrected chi connectivity index (χ1v) is 9.41. The van der Waals surface area contributed by atoms with Crippen LogP contribution in [0.5, 0.6) is 0 Å². The number of esters is 1. The molecule has 140 valence electrons. The van der Waals surface area contributed by atoms with Gasteiger partial charge in [-0.2, -0.15) is 0 Å². The highest BCUT2D eigenvalue weighted by Gasteiger charge is 2.25. The fourth-order valence-corrected chi connectivity index (χ4v) is 4.90. The maximum atomic E-state index is 14.2. The van der Waals surface area contributed by atoms with Crippen LogP contribution in [-0.2, 0) is 35.5 Å². The minimum absolute atomic E-state index is 0.0111. The Balaban J connectivity index is 1.99. The minimum Gasteiger partial charge on any atom is -0.468 e. The summed E-state index contributed by atoms with van der Waals surface area (Å²) in [6, 6.07) is 6.20. The van der Waals surface area contributed by atoms with Gasteiger partial charge in [0.15, 0.2) is 0 Å². The number of halogens is 1. The van der Waals surface area contributed by atoms with Crippen LogP contribution in [0.4, 0.5) is 4.39 Å². The molecular formula is C19H17FN2O4S. The monoisotopic (exact) mass is 388 g/mol. The Morgan fingerprint density at radius 1 is 1.22 bits per heavy atom. The van der Waals surface area contributed by atoms with Gasteiger partial charge in [-0.3, -0.25) is 14.2 Å². The maximum Gasteiger partial charge on any atom is 0.332 e. The van der Waals surface area contributed by atoms with Crippen LogP contribution in [0.2, 0.25) is 0 Å². The van der Waals surface area contributed by atoms with Gasteiger partial charge in [0.05, 0.1) is 19.0 Å². The summed E-state index contributed by atoms with van der Waals surface area (Å²) in [7, 11) is 1.20. The molecule has 0 fully saturated rings. The number of hydrogen-bond donors (Lipinski definition) is 0. The highest BCUT2D eigenvalue weighted by atomic mass is 32.1. The largest absolute Gasteiger partial charge is 0.468 e. The molecule has 2 aromatic heterocycles. The standard InChI is InChI=1S/C19H17FN2O4S/c1-26-15(23)10-21-17(24)16-12-6-4-8-14(12)27-18(16)22(19(21)25)9-11-5-2-3-7-13(11)20/h2-3,5,7H,4,6,8-10H2,1H3. The molecule has 0 unspecified atom stereocenters. The fraction of sp³-hybridized carbons (Fsp3) is 0.316. The van der Waals surface area contributed by atoms with E-state index in [9.17, 15) is 18.8 Å². The number of carbonyl (C=O) groups excluding carboxylic acids is 1. The van der Waals surface area contributed by atoms with E-state index in [0.29, 0.717) is 15.8 Å². The summed E-state index contributed by atoms with van der Waals surface area (Å²) < 4.78 is 21.1. The van der Waals surface area contributed by atoms with Crippen LogP contribution in [0.25, 0.3) is 10.2 Å². The Morgan fingerprint density at radius 3 is 2.74 bits per heavy atom. The summed E-state index contributed by atoms with van der Waals surface area (Å²) in [5.41, 5.74) is 0.171. The van der Waals surface area contributed by atoms with Crippen molar-refractivity contribution >= 4 is 27.5 Å². The summed E-state index contributed by atoms with van der Waals surface area (Å²) in [6.07, 6.45) is 2.58. The van der Waals surface area contributed by atoms with Gasteiger partial charge in [0.2, 0.25) is 0 Å². The summed E-state index contributed by atoms with van der Waals surface area (Å²) in [5.74, 6) is -1.11. The number of hydrogen-bond acceptors (Lipinski definition) is 5. The number of aryl methyl sites for hydroxylation is 2. The van der Waals surface area contributed by atoms with Crippen molar-refractivity contribution in [3.63, 3.8) is 0 Å². The molecule has 1 aromatic carbocycles. The Morgan fingerprint density at radius 2 is 2.00 bits per heavy atom. The molecule has 0 spiro atoms. The third kappa shape index (κ3) is 2.90. The number of methoxy groups -OCH3 is 1. The zero-order valence-corrected chi connectivity index (χ0v) is 15.5. The van der Waals surface area contributed by atoms with E-state index in [0.717, 1.165) is 34.3 Å². The molecule has 0 atom stereocenters. The molecule has 0 amide bonds. The van der Waals surface area contributed by atoms with Crippen molar-refractivity contribution < 1.29 is 13.9 Å². The third-order valence-electron chi connectivity index (χ3n) is 4.87. The van der Waals surface area contributed by atoms with Crippen molar-refractivity contribution in [2.45, 2.75) is 32.4 Å². The van der Waals surface area contributed by atoms with E-state index in [-0.39, 0.29) is 6.54 Å². The van der Waals surface area contributed by atoms with Crippen molar-refractivity contribution in [3.8, 4) is 0 Å². The number of aromatic nitrogens is 2. The predicted octanol–water partition coefficient (Wildman–Crippen LogP) is 2.07. The first-order chi connectivity index (χ1) is 13.0. The Bertz CT molecular complexity index is 1170. The first kappa shape index (κ1) is 17.7. The normalized spacial score (nSPS) is 13.1. The summed E-state index contributed by atoms with van der Waals surface area (Å²) in [5, 5.41) is 0.465. The van der Waals surface area contributed by atoms with Gasteiger partial charge in [0.25, 0.3) is 5.56 Å². The topological polar surface area (TPSA) is 70.3 Å². The molecule has 1 aliphatic rings. The average molecular weight is 388 g/mol. The van der Waals surface area contributed by atoms with Crippen LogP contribution in [-0.4, -0.2) is 22.2 Å². The zero-order chi connectivity index (χ0) is 19.1. The molecule has 0 radical (unpaired) electrons. The van der Waals surface area contributed by atoms with Crippen molar-refractivity contribution in [2.75, 3.05) is 7.11 Å². The summed E-state index contributed by atoms with van der Waals surface area (Å²) in [6.45, 7) is -0.477. The molecule has 4 rings (SSSR count). The smallest absolute Gasteiger partial charge is 0.332 e. The minimum atomic E-state index is -0.683. The van der Waals surface area contributed by atoms with Gasteiger partial charge in [0.1, 0.15) is 17.2 Å². The van der Waals surface area contributed by atoms with Crippen molar-refractivity contribution in [1.82, 2.24) is 9.13 Å². The molecule has 0 saturated heterocycles. The average Bonchev–Trinajstić information content (AvgIpc) is 3.24. The predicted molar refractivity (Wildman–Crippen MR) is 99.9 cm³/mol. The van der Waals surface area contributed by atoms with E-state index in [4.69, 9.17) is 0 Å². The van der Waals surface area contributed by atoms with Crippen molar-refractivity contribution in [1.29, 1.82) is 0 Å². The lowest BCUT2D eigenvalue weighted by atomic mass is 10.2. The number of carbonyl (C=O) groups is 1. The molecule has 6 nitrogen and oxygen atoms in total. The molecule has 0 bridgehead atoms. The third-order valence-corrected chi connectivity index (χ3v) is 6.18. The number of rotatable bonds is 4. The highest BCUT2D eigenvalue weighted by molar-refractivity contribution is 7.18. The number of thiophene rings is 1. The van der Waals surface area contributed by atoms with Crippen molar-refractivity contribution in [3.05, 3.63) is 66.9 Å². The molecule has 0 aliphatic heterocycles. The number of nitrogens with zero attached hydrogens (tertiary/aromatic N) is 2. The van der Waals surface area contributed by atoms with Gasteiger partial charge in [-0.25, -0.2) is 13.8 Å². The Labute approximate surface area is 157 Å². The second-order valence-corrected chi connectivity index (χ2v) is 7.55. The lowest BCUT2D eigenvalue weighted by molar-refractivity contribution is -0.141. The summed E-state index contributed by atoms with van der Waals surface area (Å²) >= 11 is 1.41. The molecule has 0 saturated carbocycles. The molecule has 3 aromatic rings. The summed E-state index contributed by atoms with van der Waals surface area (Å²) in [4.78, 5) is 39.3. The van der Waals surface area contributed by atoms with Crippen LogP contribution in [0.3, 0.4) is 0 Å². The van der Waals surface area contributed by atoms with E-state index in [1.165, 1.54) is 29.1 Å². The fourth-order valence-electron chi connectivity index (χ4n) is 3.52. The number of ether oxygens (including phenoxy) is 1. The van der Waals surface area contributed by atoms with Crippen LogP contribution in [0.1, 0.15) is 22.4 Å². The lowest BCUT2D eigenvalue weighted by Gasteiger charge is -2.12. The van der Waals surface area contributed by atoms with E-state index in [1.807, 2.05) is 0 Å². The van der Waals surface area contributed by atoms with Gasteiger partial charge >= 0.3 is 11.7 Å². The highest BCUT2D eigenvalue weighted by Crippen LogP contribution is 2.35. The van der Waals surface area contributed by atoms with E-state index in [2.05, 4.69) is 4.74 Å².